The van der Waals surface area contributed by atoms with Gasteiger partial charge in [-0.15, -0.1) is 0 Å². The quantitative estimate of drug-likeness (QED) is 0.609. The first kappa shape index (κ1) is 24.1. The Kier molecular flexibility index (Phi) is 8.31. The topological polar surface area (TPSA) is 60.6 Å². The first-order chi connectivity index (χ1) is 16.0. The maximum atomic E-state index is 13.0. The number of nitrogens with one attached hydrogen (secondary N) is 2. The summed E-state index contributed by atoms with van der Waals surface area (Å²) in [4.78, 5) is 21.5. The number of aromatic nitrogens is 1. The number of hydrogen-bond donors (Lipinski definition) is 2. The van der Waals surface area contributed by atoms with E-state index in [-0.39, 0.29) is 11.9 Å². The molecule has 0 bridgehead atoms. The SMILES string of the molecule is CC(C)COc1cccc2[nH]c(C(=O)NC3CCN([C@@H](C)CN4CCCCCC4)CC3)cc12. The Morgan fingerprint density at radius 1 is 1.09 bits per heavy atom. The molecule has 182 valence electrons. The van der Waals surface area contributed by atoms with Gasteiger partial charge >= 0.3 is 0 Å². The zero-order valence-electron chi connectivity index (χ0n) is 20.7. The molecule has 3 heterocycles. The van der Waals surface area contributed by atoms with E-state index in [0.29, 0.717) is 24.3 Å². The number of H-pyrrole nitrogens is 1. The van der Waals surface area contributed by atoms with Crippen molar-refractivity contribution in [3.05, 3.63) is 30.0 Å². The Labute approximate surface area is 199 Å². The number of piperidine rings is 1. The number of rotatable bonds is 8. The van der Waals surface area contributed by atoms with Gasteiger partial charge in [0.2, 0.25) is 0 Å². The van der Waals surface area contributed by atoms with E-state index in [0.717, 1.165) is 42.6 Å². The summed E-state index contributed by atoms with van der Waals surface area (Å²) >= 11 is 0. The van der Waals surface area contributed by atoms with E-state index in [1.165, 1.54) is 45.3 Å². The van der Waals surface area contributed by atoms with Gasteiger partial charge in [0.1, 0.15) is 11.4 Å². The molecule has 0 unspecified atom stereocenters. The average molecular weight is 455 g/mol. The van der Waals surface area contributed by atoms with E-state index in [9.17, 15) is 4.79 Å². The number of nitrogens with zero attached hydrogens (tertiary/aromatic N) is 2. The molecule has 0 aliphatic carbocycles. The Morgan fingerprint density at radius 3 is 2.52 bits per heavy atom. The first-order valence-electron chi connectivity index (χ1n) is 13.0. The molecule has 1 aromatic heterocycles. The minimum absolute atomic E-state index is 0.0166. The summed E-state index contributed by atoms with van der Waals surface area (Å²) in [6.45, 7) is 13.1. The van der Waals surface area contributed by atoms with Crippen LogP contribution in [0.15, 0.2) is 24.3 Å². The highest BCUT2D eigenvalue weighted by Crippen LogP contribution is 2.27. The predicted molar refractivity (Wildman–Crippen MR) is 135 cm³/mol. The summed E-state index contributed by atoms with van der Waals surface area (Å²) in [5.74, 6) is 1.28. The molecule has 2 fully saturated rings. The molecular formula is C27H42N4O2. The van der Waals surface area contributed by atoms with Crippen molar-refractivity contribution >= 4 is 16.8 Å². The number of fused-ring (bicyclic) bond motifs is 1. The molecule has 2 saturated heterocycles. The fourth-order valence-corrected chi connectivity index (χ4v) is 5.19. The molecule has 1 amide bonds. The third-order valence-corrected chi connectivity index (χ3v) is 7.15. The molecule has 2 aliphatic heterocycles. The van der Waals surface area contributed by atoms with Gasteiger partial charge in [0.25, 0.3) is 5.91 Å². The van der Waals surface area contributed by atoms with Crippen LogP contribution in [0.5, 0.6) is 5.75 Å². The van der Waals surface area contributed by atoms with Crippen LogP contribution < -0.4 is 10.1 Å². The van der Waals surface area contributed by atoms with Gasteiger partial charge in [-0.3, -0.25) is 9.69 Å². The van der Waals surface area contributed by atoms with Crippen LogP contribution in [0.4, 0.5) is 0 Å². The maximum absolute atomic E-state index is 13.0. The van der Waals surface area contributed by atoms with Crippen LogP contribution in [0, 0.1) is 5.92 Å². The van der Waals surface area contributed by atoms with Gasteiger partial charge in [0, 0.05) is 42.6 Å². The highest BCUT2D eigenvalue weighted by molar-refractivity contribution is 5.99. The van der Waals surface area contributed by atoms with Crippen molar-refractivity contribution in [2.24, 2.45) is 5.92 Å². The van der Waals surface area contributed by atoms with Gasteiger partial charge in [-0.25, -0.2) is 0 Å². The molecule has 2 aromatic rings. The molecule has 6 nitrogen and oxygen atoms in total. The molecule has 0 spiro atoms. The van der Waals surface area contributed by atoms with Gasteiger partial charge in [-0.2, -0.15) is 0 Å². The van der Waals surface area contributed by atoms with E-state index < -0.39 is 0 Å². The van der Waals surface area contributed by atoms with Crippen LogP contribution in [0.25, 0.3) is 10.9 Å². The van der Waals surface area contributed by atoms with Crippen molar-refractivity contribution in [3.63, 3.8) is 0 Å². The van der Waals surface area contributed by atoms with Crippen LogP contribution in [0.1, 0.15) is 69.8 Å². The Morgan fingerprint density at radius 2 is 1.82 bits per heavy atom. The molecular weight excluding hydrogens is 412 g/mol. The Hall–Kier alpha value is -2.05. The van der Waals surface area contributed by atoms with E-state index in [1.54, 1.807) is 0 Å². The van der Waals surface area contributed by atoms with Crippen molar-refractivity contribution in [3.8, 4) is 5.75 Å². The molecule has 0 radical (unpaired) electrons. The number of aromatic amines is 1. The van der Waals surface area contributed by atoms with E-state index >= 15 is 0 Å². The van der Waals surface area contributed by atoms with Gasteiger partial charge in [0.15, 0.2) is 0 Å². The number of hydrogen-bond acceptors (Lipinski definition) is 4. The molecule has 4 rings (SSSR count). The second-order valence-corrected chi connectivity index (χ2v) is 10.5. The van der Waals surface area contributed by atoms with Gasteiger partial charge in [0.05, 0.1) is 6.61 Å². The lowest BCUT2D eigenvalue weighted by Gasteiger charge is -2.38. The largest absolute Gasteiger partial charge is 0.493 e. The lowest BCUT2D eigenvalue weighted by molar-refractivity contribution is 0.0868. The second-order valence-electron chi connectivity index (χ2n) is 10.5. The summed E-state index contributed by atoms with van der Waals surface area (Å²) in [6.07, 6.45) is 7.50. The number of benzene rings is 1. The standard InChI is InChI=1S/C27H42N4O2/c1-20(2)19-33-26-10-8-9-24-23(26)17-25(29-24)27(32)28-22-11-15-31(16-12-22)21(3)18-30-13-6-4-5-7-14-30/h8-10,17,20-22,29H,4-7,11-16,18-19H2,1-3H3,(H,28,32)/t21-/m0/s1. The predicted octanol–water partition coefficient (Wildman–Crippen LogP) is 4.66. The second kappa shape index (κ2) is 11.4. The molecule has 33 heavy (non-hydrogen) atoms. The number of carbonyl (C=O) groups excluding carboxylic acids is 1. The normalized spacial score (nSPS) is 20.1. The lowest BCUT2D eigenvalue weighted by Crippen LogP contribution is -2.50. The van der Waals surface area contributed by atoms with Crippen LogP contribution in [-0.4, -0.2) is 72.1 Å². The highest BCUT2D eigenvalue weighted by Gasteiger charge is 2.26. The van der Waals surface area contributed by atoms with Crippen LogP contribution in [0.2, 0.25) is 0 Å². The first-order valence-corrected chi connectivity index (χ1v) is 13.0. The molecule has 2 N–H and O–H groups in total. The maximum Gasteiger partial charge on any atom is 0.267 e. The highest BCUT2D eigenvalue weighted by atomic mass is 16.5. The van der Waals surface area contributed by atoms with Crippen LogP contribution in [0.3, 0.4) is 0 Å². The van der Waals surface area contributed by atoms with Crippen molar-refractivity contribution < 1.29 is 9.53 Å². The zero-order chi connectivity index (χ0) is 23.2. The van der Waals surface area contributed by atoms with Gasteiger partial charge in [-0.1, -0.05) is 32.8 Å². The van der Waals surface area contributed by atoms with E-state index in [1.807, 2.05) is 24.3 Å². The summed E-state index contributed by atoms with van der Waals surface area (Å²) in [7, 11) is 0. The number of likely N-dealkylation sites (tertiary alicyclic amines) is 2. The van der Waals surface area contributed by atoms with Crippen molar-refractivity contribution in [2.45, 2.75) is 71.4 Å². The fourth-order valence-electron chi connectivity index (χ4n) is 5.19. The van der Waals surface area contributed by atoms with Crippen molar-refractivity contribution in [1.82, 2.24) is 20.1 Å². The molecule has 0 saturated carbocycles. The summed E-state index contributed by atoms with van der Waals surface area (Å²) < 4.78 is 5.96. The molecule has 1 aromatic carbocycles. The molecule has 6 heteroatoms. The van der Waals surface area contributed by atoms with E-state index in [4.69, 9.17) is 4.74 Å². The number of amides is 1. The van der Waals surface area contributed by atoms with Crippen LogP contribution >= 0.6 is 0 Å². The zero-order valence-corrected chi connectivity index (χ0v) is 20.7. The summed E-state index contributed by atoms with van der Waals surface area (Å²) in [5.41, 5.74) is 1.56. The van der Waals surface area contributed by atoms with Crippen molar-refractivity contribution in [2.75, 3.05) is 39.3 Å². The minimum Gasteiger partial charge on any atom is -0.493 e. The summed E-state index contributed by atoms with van der Waals surface area (Å²) in [6, 6.07) is 8.69. The van der Waals surface area contributed by atoms with Crippen LogP contribution in [-0.2, 0) is 0 Å². The third-order valence-electron chi connectivity index (χ3n) is 7.15. The third kappa shape index (κ3) is 6.51. The fraction of sp³-hybridized carbons (Fsp3) is 0.667. The van der Waals surface area contributed by atoms with Gasteiger partial charge in [-0.05, 0) is 69.8 Å². The van der Waals surface area contributed by atoms with E-state index in [2.05, 4.69) is 40.9 Å². The number of ether oxygens (including phenoxy) is 1. The number of carbonyl (C=O) groups is 1. The summed E-state index contributed by atoms with van der Waals surface area (Å²) in [5, 5.41) is 4.24. The molecule has 2 aliphatic rings. The lowest BCUT2D eigenvalue weighted by atomic mass is 10.0. The van der Waals surface area contributed by atoms with Gasteiger partial charge < -0.3 is 19.9 Å². The smallest absolute Gasteiger partial charge is 0.267 e. The van der Waals surface area contributed by atoms with Crippen molar-refractivity contribution in [1.29, 1.82) is 0 Å². The average Bonchev–Trinajstić information content (AvgIpc) is 3.09. The monoisotopic (exact) mass is 454 g/mol. The molecule has 1 atom stereocenters. The Balaban J connectivity index is 1.28. The minimum atomic E-state index is -0.0166. The Bertz CT molecular complexity index is 893.